The van der Waals surface area contributed by atoms with Gasteiger partial charge >= 0.3 is 0 Å². The Kier molecular flexibility index (Phi) is 8.85. The van der Waals surface area contributed by atoms with E-state index in [4.69, 9.17) is 23.1 Å². The molecule has 0 unspecified atom stereocenters. The van der Waals surface area contributed by atoms with Crippen LogP contribution >= 0.6 is 0 Å². The van der Waals surface area contributed by atoms with Gasteiger partial charge in [-0.1, -0.05) is 78.9 Å². The van der Waals surface area contributed by atoms with Gasteiger partial charge in [0.05, 0.1) is 69.9 Å². The van der Waals surface area contributed by atoms with Gasteiger partial charge in [0.15, 0.2) is 17.2 Å². The van der Waals surface area contributed by atoms with Crippen LogP contribution in [0.15, 0.2) is 182 Å². The molecule has 0 aliphatic heterocycles. The zero-order chi connectivity index (χ0) is 43.3. The smallest absolute Gasteiger partial charge is 0.185 e. The highest BCUT2D eigenvalue weighted by molar-refractivity contribution is 6.12. The predicted octanol–water partition coefficient (Wildman–Crippen LogP) is 14.2. The summed E-state index contributed by atoms with van der Waals surface area (Å²) in [5.74, 6) is 0.419. The first kappa shape index (κ1) is 37.4. The molecule has 11 aromatic rings. The minimum absolute atomic E-state index is 0.323. The lowest BCUT2D eigenvalue weighted by Gasteiger charge is -2.14. The monoisotopic (exact) mass is 814 g/mol. The highest BCUT2D eigenvalue weighted by atomic mass is 15.0. The average molecular weight is 815 g/mol. The molecule has 8 nitrogen and oxygen atoms in total. The Morgan fingerprint density at radius 1 is 0.406 bits per heavy atom. The van der Waals surface area contributed by atoms with E-state index in [-0.39, 0.29) is 0 Å². The summed E-state index contributed by atoms with van der Waals surface area (Å²) in [6.45, 7) is 16.6. The molecule has 0 amide bonds. The van der Waals surface area contributed by atoms with Crippen molar-refractivity contribution in [3.8, 4) is 68.5 Å². The van der Waals surface area contributed by atoms with Crippen LogP contribution in [0.25, 0.3) is 110 Å². The first-order valence-corrected chi connectivity index (χ1v) is 20.5. The molecule has 0 aliphatic carbocycles. The van der Waals surface area contributed by atoms with Crippen LogP contribution in [-0.2, 0) is 0 Å². The molecular formula is C56H30N8. The Labute approximate surface area is 367 Å². The third-order valence-corrected chi connectivity index (χ3v) is 11.9. The number of rotatable bonds is 6. The lowest BCUT2D eigenvalue weighted by Crippen LogP contribution is -1.97. The standard InChI is InChI=1S/C56H30N8/c1-59-49-29-40(48-32-47(37-19-15-35(33-57)16-20-37)61-56(62-48)39-21-17-36(34-58)18-22-39)30-50(60-2)55(49)38-23-25-41(26-24-38)63-53-14-8-5-11-45(53)46-31-42(27-28-54(46)63)64-51-12-6-3-9-43(51)44-10-4-7-13-52(44)64/h3-32H. The highest BCUT2D eigenvalue weighted by Crippen LogP contribution is 2.44. The van der Waals surface area contributed by atoms with Gasteiger partial charge in [0.25, 0.3) is 0 Å². The first-order valence-electron chi connectivity index (χ1n) is 20.5. The maximum Gasteiger partial charge on any atom is 0.185 e. The topological polar surface area (TPSA) is 91.9 Å². The van der Waals surface area contributed by atoms with Crippen molar-refractivity contribution in [3.63, 3.8) is 0 Å². The van der Waals surface area contributed by atoms with E-state index in [2.05, 4.69) is 134 Å². The van der Waals surface area contributed by atoms with Crippen LogP contribution in [0.1, 0.15) is 11.1 Å². The molecule has 0 saturated carbocycles. The summed E-state index contributed by atoms with van der Waals surface area (Å²) in [5, 5.41) is 23.5. The molecular weight excluding hydrogens is 785 g/mol. The van der Waals surface area contributed by atoms with Crippen molar-refractivity contribution >= 4 is 55.0 Å². The first-order chi connectivity index (χ1) is 31.5. The molecule has 0 fully saturated rings. The van der Waals surface area contributed by atoms with Crippen molar-refractivity contribution in [2.75, 3.05) is 0 Å². The molecule has 294 valence electrons. The van der Waals surface area contributed by atoms with Gasteiger partial charge in [0.2, 0.25) is 0 Å². The third-order valence-electron chi connectivity index (χ3n) is 11.9. The molecule has 3 aromatic heterocycles. The summed E-state index contributed by atoms with van der Waals surface area (Å²) in [6.07, 6.45) is 0. The van der Waals surface area contributed by atoms with Crippen LogP contribution in [0.3, 0.4) is 0 Å². The Bertz CT molecular complexity index is 3700. The maximum absolute atomic E-state index is 9.40. The Hall–Kier alpha value is -9.60. The summed E-state index contributed by atoms with van der Waals surface area (Å²) in [7, 11) is 0. The third kappa shape index (κ3) is 6.12. The van der Waals surface area contributed by atoms with E-state index < -0.39 is 0 Å². The number of hydrogen-bond acceptors (Lipinski definition) is 4. The molecule has 0 saturated heterocycles. The fourth-order valence-corrected chi connectivity index (χ4v) is 8.87. The summed E-state index contributed by atoms with van der Waals surface area (Å²) in [5.41, 5.74) is 12.7. The van der Waals surface area contributed by atoms with Crippen LogP contribution in [0.5, 0.6) is 0 Å². The van der Waals surface area contributed by atoms with Gasteiger partial charge in [0.1, 0.15) is 0 Å². The second-order valence-electron chi connectivity index (χ2n) is 15.4. The van der Waals surface area contributed by atoms with Crippen molar-refractivity contribution < 1.29 is 0 Å². The highest BCUT2D eigenvalue weighted by Gasteiger charge is 2.20. The summed E-state index contributed by atoms with van der Waals surface area (Å²) in [4.78, 5) is 17.7. The van der Waals surface area contributed by atoms with Gasteiger partial charge in [-0.15, -0.1) is 0 Å². The van der Waals surface area contributed by atoms with E-state index in [0.29, 0.717) is 56.4 Å². The van der Waals surface area contributed by atoms with Crippen molar-refractivity contribution in [1.82, 2.24) is 19.1 Å². The molecule has 0 radical (unpaired) electrons. The lowest BCUT2D eigenvalue weighted by atomic mass is 9.97. The molecule has 8 aromatic carbocycles. The zero-order valence-electron chi connectivity index (χ0n) is 33.9. The number of hydrogen-bond donors (Lipinski definition) is 0. The van der Waals surface area contributed by atoms with Gasteiger partial charge in [0, 0.05) is 44.0 Å². The Morgan fingerprint density at radius 2 is 0.844 bits per heavy atom. The van der Waals surface area contributed by atoms with Gasteiger partial charge in [-0.2, -0.15) is 10.5 Å². The lowest BCUT2D eigenvalue weighted by molar-refractivity contribution is 1.17. The van der Waals surface area contributed by atoms with E-state index in [1.165, 1.54) is 10.8 Å². The second-order valence-corrected chi connectivity index (χ2v) is 15.4. The summed E-state index contributed by atoms with van der Waals surface area (Å²) >= 11 is 0. The predicted molar refractivity (Wildman–Crippen MR) is 254 cm³/mol. The molecule has 64 heavy (non-hydrogen) atoms. The largest absolute Gasteiger partial charge is 0.309 e. The van der Waals surface area contributed by atoms with Gasteiger partial charge in [-0.25, -0.2) is 19.7 Å². The number of para-hydroxylation sites is 3. The second kappa shape index (κ2) is 15.1. The van der Waals surface area contributed by atoms with Crippen LogP contribution in [0.2, 0.25) is 0 Å². The zero-order valence-corrected chi connectivity index (χ0v) is 33.9. The number of nitrogens with zero attached hydrogens (tertiary/aromatic N) is 8. The van der Waals surface area contributed by atoms with Crippen molar-refractivity contribution in [1.29, 1.82) is 10.5 Å². The molecule has 0 bridgehead atoms. The molecule has 0 atom stereocenters. The summed E-state index contributed by atoms with van der Waals surface area (Å²) in [6, 6.07) is 64.1. The average Bonchev–Trinajstić information content (AvgIpc) is 3.88. The summed E-state index contributed by atoms with van der Waals surface area (Å²) < 4.78 is 4.61. The van der Waals surface area contributed by atoms with E-state index in [1.807, 2.05) is 30.3 Å². The van der Waals surface area contributed by atoms with Crippen LogP contribution < -0.4 is 0 Å². The van der Waals surface area contributed by atoms with Crippen LogP contribution in [0, 0.1) is 35.8 Å². The Morgan fingerprint density at radius 3 is 1.38 bits per heavy atom. The number of fused-ring (bicyclic) bond motifs is 6. The Balaban J connectivity index is 1.00. The van der Waals surface area contributed by atoms with Crippen LogP contribution in [-0.4, -0.2) is 19.1 Å². The van der Waals surface area contributed by atoms with Crippen LogP contribution in [0.4, 0.5) is 11.4 Å². The van der Waals surface area contributed by atoms with Crippen molar-refractivity contribution in [3.05, 3.63) is 216 Å². The maximum atomic E-state index is 9.40. The number of aromatic nitrogens is 4. The molecule has 3 heterocycles. The molecule has 11 rings (SSSR count). The van der Waals surface area contributed by atoms with E-state index in [1.54, 1.807) is 48.5 Å². The minimum Gasteiger partial charge on any atom is -0.309 e. The molecule has 0 spiro atoms. The minimum atomic E-state index is 0.323. The number of benzene rings is 8. The fourth-order valence-electron chi connectivity index (χ4n) is 8.87. The fraction of sp³-hybridized carbons (Fsp3) is 0. The van der Waals surface area contributed by atoms with Crippen molar-refractivity contribution in [2.24, 2.45) is 0 Å². The SMILES string of the molecule is [C-]#[N+]c1cc(-c2cc(-c3ccc(C#N)cc3)nc(-c3ccc(C#N)cc3)n2)cc([N+]#[C-])c1-c1ccc(-n2c3ccccc3c3cc(-n4c5ccccc5c5ccccc54)ccc32)cc1. The quantitative estimate of drug-likeness (QED) is 0.156. The van der Waals surface area contributed by atoms with E-state index >= 15 is 0 Å². The van der Waals surface area contributed by atoms with Gasteiger partial charge in [-0.05, 0) is 120 Å². The van der Waals surface area contributed by atoms with Crippen molar-refractivity contribution in [2.45, 2.75) is 0 Å². The molecule has 8 heteroatoms. The molecule has 0 aliphatic rings. The molecule has 0 N–H and O–H groups in total. The van der Waals surface area contributed by atoms with Gasteiger partial charge < -0.3 is 9.13 Å². The normalized spacial score (nSPS) is 11.1. The van der Waals surface area contributed by atoms with E-state index in [0.717, 1.165) is 55.3 Å². The van der Waals surface area contributed by atoms with E-state index in [9.17, 15) is 10.5 Å². The number of nitriles is 2. The van der Waals surface area contributed by atoms with Gasteiger partial charge in [-0.3, -0.25) is 0 Å².